The van der Waals surface area contributed by atoms with Crippen molar-refractivity contribution >= 4 is 48.3 Å². The van der Waals surface area contributed by atoms with Crippen molar-refractivity contribution in [3.63, 3.8) is 0 Å². The van der Waals surface area contributed by atoms with Crippen molar-refractivity contribution in [3.05, 3.63) is 73.3 Å². The highest BCUT2D eigenvalue weighted by Crippen LogP contribution is 2.29. The second-order valence-electron chi connectivity index (χ2n) is 7.22. The maximum Gasteiger partial charge on any atom is 0.257 e. The van der Waals surface area contributed by atoms with Gasteiger partial charge in [-0.25, -0.2) is 13.4 Å². The van der Waals surface area contributed by atoms with E-state index in [-0.39, 0.29) is 23.9 Å². The van der Waals surface area contributed by atoms with Crippen molar-refractivity contribution < 1.29 is 13.2 Å². The van der Waals surface area contributed by atoms with Crippen LogP contribution >= 0.6 is 11.3 Å². The number of rotatable bonds is 11. The van der Waals surface area contributed by atoms with Gasteiger partial charge >= 0.3 is 0 Å². The Labute approximate surface area is 199 Å². The topological polar surface area (TPSA) is 82.6 Å². The van der Waals surface area contributed by atoms with Crippen LogP contribution in [0.3, 0.4) is 0 Å². The van der Waals surface area contributed by atoms with E-state index in [9.17, 15) is 13.2 Å². The zero-order valence-electron chi connectivity index (χ0n) is 18.8. The number of anilines is 2. The fourth-order valence-electron chi connectivity index (χ4n) is 3.41. The van der Waals surface area contributed by atoms with E-state index in [1.807, 2.05) is 12.1 Å². The van der Waals surface area contributed by atoms with Crippen molar-refractivity contribution in [3.8, 4) is 0 Å². The second-order valence-corrected chi connectivity index (χ2v) is 10.2. The van der Waals surface area contributed by atoms with Crippen molar-refractivity contribution in [2.45, 2.75) is 18.7 Å². The van der Waals surface area contributed by atoms with Crippen LogP contribution in [0.4, 0.5) is 10.8 Å². The number of fused-ring (bicyclic) bond motifs is 1. The fraction of sp³-hybridized carbons (Fsp3) is 0.250. The van der Waals surface area contributed by atoms with Crippen LogP contribution in [0, 0.1) is 0 Å². The van der Waals surface area contributed by atoms with Crippen LogP contribution in [-0.4, -0.2) is 49.8 Å². The molecule has 2 aromatic carbocycles. The van der Waals surface area contributed by atoms with Gasteiger partial charge in [-0.15, -0.1) is 13.2 Å². The number of amides is 1. The molecule has 0 spiro atoms. The van der Waals surface area contributed by atoms with E-state index in [4.69, 9.17) is 0 Å². The van der Waals surface area contributed by atoms with Gasteiger partial charge in [0.25, 0.3) is 5.91 Å². The van der Waals surface area contributed by atoms with E-state index in [0.717, 1.165) is 18.8 Å². The van der Waals surface area contributed by atoms with Gasteiger partial charge in [-0.05, 0) is 56.3 Å². The van der Waals surface area contributed by atoms with Gasteiger partial charge in [0.1, 0.15) is 0 Å². The van der Waals surface area contributed by atoms with Gasteiger partial charge in [0.15, 0.2) is 5.13 Å². The Morgan fingerprint density at radius 3 is 2.27 bits per heavy atom. The third kappa shape index (κ3) is 5.50. The van der Waals surface area contributed by atoms with Crippen molar-refractivity contribution in [2.24, 2.45) is 0 Å². The number of aromatic nitrogens is 1. The number of nitrogens with zero attached hydrogens (tertiary/aromatic N) is 3. The number of benzene rings is 2. The summed E-state index contributed by atoms with van der Waals surface area (Å²) in [6.07, 6.45) is 3.07. The van der Waals surface area contributed by atoms with E-state index in [0.29, 0.717) is 20.9 Å². The second kappa shape index (κ2) is 10.7. The van der Waals surface area contributed by atoms with Crippen LogP contribution in [0.15, 0.2) is 72.7 Å². The van der Waals surface area contributed by atoms with Gasteiger partial charge in [0.05, 0.1) is 15.1 Å². The Kier molecular flexibility index (Phi) is 8.01. The molecule has 0 unspecified atom stereocenters. The molecule has 33 heavy (non-hydrogen) atoms. The molecule has 3 rings (SSSR count). The number of sulfonamides is 1. The summed E-state index contributed by atoms with van der Waals surface area (Å²) in [6.45, 7) is 13.6. The molecule has 0 fully saturated rings. The minimum Gasteiger partial charge on any atom is -0.372 e. The molecule has 3 aromatic rings. The van der Waals surface area contributed by atoms with Crippen molar-refractivity contribution in [1.29, 1.82) is 0 Å². The molecule has 174 valence electrons. The van der Waals surface area contributed by atoms with Gasteiger partial charge < -0.3 is 4.90 Å². The van der Waals surface area contributed by atoms with Gasteiger partial charge in [0.2, 0.25) is 10.0 Å². The summed E-state index contributed by atoms with van der Waals surface area (Å²) in [7, 11) is -3.71. The number of thiazole rings is 1. The van der Waals surface area contributed by atoms with E-state index >= 15 is 0 Å². The Balaban J connectivity index is 1.81. The van der Waals surface area contributed by atoms with Crippen LogP contribution in [-0.2, 0) is 10.0 Å². The van der Waals surface area contributed by atoms with Crippen LogP contribution in [0.1, 0.15) is 24.2 Å². The number of carbonyl (C=O) groups excluding carboxylic acids is 1. The molecule has 0 saturated heterocycles. The van der Waals surface area contributed by atoms with Crippen LogP contribution in [0.25, 0.3) is 10.2 Å². The monoisotopic (exact) mass is 484 g/mol. The zero-order chi connectivity index (χ0) is 24.0. The Morgan fingerprint density at radius 2 is 1.70 bits per heavy atom. The quantitative estimate of drug-likeness (QED) is 0.397. The molecule has 0 atom stereocenters. The van der Waals surface area contributed by atoms with E-state index in [1.54, 1.807) is 24.3 Å². The number of hydrogen-bond acceptors (Lipinski definition) is 6. The summed E-state index contributed by atoms with van der Waals surface area (Å²) in [5, 5.41) is 3.22. The first-order valence-electron chi connectivity index (χ1n) is 10.6. The molecule has 7 nitrogen and oxygen atoms in total. The minimum absolute atomic E-state index is 0.159. The summed E-state index contributed by atoms with van der Waals surface area (Å²) in [6, 6.07) is 12.2. The molecule has 0 radical (unpaired) electrons. The molecular weight excluding hydrogens is 456 g/mol. The molecule has 0 aliphatic rings. The standard InChI is InChI=1S/C24H28N4O3S2/c1-5-15-28(16-6-2)33(30,31)20-13-14-21-22(17-20)32-24(25-21)26-23(29)18-9-11-19(12-10-18)27(7-3)8-4/h5-6,9-14,17H,1-2,7-8,15-16H2,3-4H3,(H,25,26,29). The summed E-state index contributed by atoms with van der Waals surface area (Å²) >= 11 is 1.23. The molecule has 9 heteroatoms. The molecule has 1 heterocycles. The molecule has 1 N–H and O–H groups in total. The number of carbonyl (C=O) groups is 1. The summed E-state index contributed by atoms with van der Waals surface area (Å²) in [5.41, 5.74) is 2.20. The van der Waals surface area contributed by atoms with Crippen molar-refractivity contribution in [1.82, 2.24) is 9.29 Å². The molecule has 1 aromatic heterocycles. The third-order valence-electron chi connectivity index (χ3n) is 5.14. The number of nitrogens with one attached hydrogen (secondary N) is 1. The molecule has 0 bridgehead atoms. The Bertz CT molecular complexity index is 1240. The van der Waals surface area contributed by atoms with Gasteiger partial charge in [0, 0.05) is 37.4 Å². The Morgan fingerprint density at radius 1 is 1.06 bits per heavy atom. The molecule has 0 saturated carbocycles. The van der Waals surface area contributed by atoms with E-state index in [1.165, 1.54) is 33.9 Å². The SMILES string of the molecule is C=CCN(CC=C)S(=O)(=O)c1ccc2nc(NC(=O)c3ccc(N(CC)CC)cc3)sc2c1. The molecule has 0 aliphatic heterocycles. The third-order valence-corrected chi connectivity index (χ3v) is 7.90. The summed E-state index contributed by atoms with van der Waals surface area (Å²) in [5.74, 6) is -0.267. The lowest BCUT2D eigenvalue weighted by Gasteiger charge is -2.20. The molecular formula is C24H28N4O3S2. The fourth-order valence-corrected chi connectivity index (χ4v) is 5.79. The maximum absolute atomic E-state index is 13.0. The first-order valence-corrected chi connectivity index (χ1v) is 12.9. The number of hydrogen-bond donors (Lipinski definition) is 1. The zero-order valence-corrected chi connectivity index (χ0v) is 20.5. The van der Waals surface area contributed by atoms with Gasteiger partial charge in [-0.3, -0.25) is 10.1 Å². The van der Waals surface area contributed by atoms with Crippen LogP contribution in [0.2, 0.25) is 0 Å². The predicted molar refractivity (Wildman–Crippen MR) is 137 cm³/mol. The largest absolute Gasteiger partial charge is 0.372 e. The molecule has 0 aliphatic carbocycles. The smallest absolute Gasteiger partial charge is 0.257 e. The minimum atomic E-state index is -3.71. The van der Waals surface area contributed by atoms with Crippen LogP contribution in [0.5, 0.6) is 0 Å². The highest BCUT2D eigenvalue weighted by Gasteiger charge is 2.23. The molecule has 1 amide bonds. The normalized spacial score (nSPS) is 11.5. The maximum atomic E-state index is 13.0. The lowest BCUT2D eigenvalue weighted by atomic mass is 10.2. The van der Waals surface area contributed by atoms with Gasteiger partial charge in [-0.1, -0.05) is 23.5 Å². The highest BCUT2D eigenvalue weighted by molar-refractivity contribution is 7.89. The first-order chi connectivity index (χ1) is 15.8. The van der Waals surface area contributed by atoms with Gasteiger partial charge in [-0.2, -0.15) is 4.31 Å². The average Bonchev–Trinajstić information content (AvgIpc) is 3.21. The lowest BCUT2D eigenvalue weighted by Crippen LogP contribution is -2.31. The van der Waals surface area contributed by atoms with Crippen molar-refractivity contribution in [2.75, 3.05) is 36.4 Å². The van der Waals surface area contributed by atoms with E-state index in [2.05, 4.69) is 42.2 Å². The van der Waals surface area contributed by atoms with E-state index < -0.39 is 10.0 Å². The predicted octanol–water partition coefficient (Wildman–Crippen LogP) is 4.76. The lowest BCUT2D eigenvalue weighted by molar-refractivity contribution is 0.102. The highest BCUT2D eigenvalue weighted by atomic mass is 32.2. The average molecular weight is 485 g/mol. The summed E-state index contributed by atoms with van der Waals surface area (Å²) < 4.78 is 27.9. The first kappa shape index (κ1) is 24.6. The Hall–Kier alpha value is -3.01. The summed E-state index contributed by atoms with van der Waals surface area (Å²) in [4.78, 5) is 19.5. The van der Waals surface area contributed by atoms with Crippen LogP contribution < -0.4 is 10.2 Å².